The van der Waals surface area contributed by atoms with Crippen molar-refractivity contribution in [1.82, 2.24) is 24.1 Å². The van der Waals surface area contributed by atoms with E-state index in [0.29, 0.717) is 5.95 Å². The van der Waals surface area contributed by atoms with Gasteiger partial charge in [0.05, 0.1) is 33.5 Å². The Morgan fingerprint density at radius 3 is 1.56 bits per heavy atom. The molecule has 5 heteroatoms. The molecule has 0 aliphatic carbocycles. The van der Waals surface area contributed by atoms with Crippen LogP contribution in [0.1, 0.15) is 0 Å². The van der Waals surface area contributed by atoms with Crippen molar-refractivity contribution in [2.45, 2.75) is 0 Å². The number of hydrogen-bond donors (Lipinski definition) is 0. The summed E-state index contributed by atoms with van der Waals surface area (Å²) in [7, 11) is 0. The van der Waals surface area contributed by atoms with Gasteiger partial charge in [-0.1, -0.05) is 140 Å². The fourth-order valence-corrected chi connectivity index (χ4v) is 7.98. The van der Waals surface area contributed by atoms with Gasteiger partial charge < -0.3 is 0 Å². The molecule has 11 aromatic rings. The van der Waals surface area contributed by atoms with Crippen molar-refractivity contribution in [2.24, 2.45) is 0 Å². The van der Waals surface area contributed by atoms with E-state index in [2.05, 4.69) is 179 Å². The molecule has 0 saturated heterocycles. The van der Waals surface area contributed by atoms with Crippen LogP contribution in [0.25, 0.3) is 99.9 Å². The molecule has 54 heavy (non-hydrogen) atoms. The van der Waals surface area contributed by atoms with Crippen LogP contribution in [0.2, 0.25) is 0 Å². The fraction of sp³-hybridized carbons (Fsp3) is 0. The molecule has 252 valence electrons. The number of rotatable bonds is 5. The van der Waals surface area contributed by atoms with Crippen LogP contribution in [0, 0.1) is 0 Å². The highest BCUT2D eigenvalue weighted by Gasteiger charge is 2.20. The van der Waals surface area contributed by atoms with Crippen molar-refractivity contribution < 1.29 is 0 Å². The van der Waals surface area contributed by atoms with Crippen molar-refractivity contribution in [2.75, 3.05) is 0 Å². The number of nitrogens with zero attached hydrogens (tertiary/aromatic N) is 5. The summed E-state index contributed by atoms with van der Waals surface area (Å²) in [6, 6.07) is 66.0. The predicted octanol–water partition coefficient (Wildman–Crippen LogP) is 12.2. The molecule has 0 N–H and O–H groups in total. The number of fused-ring (bicyclic) bond motifs is 7. The maximum Gasteiger partial charge on any atom is 0.235 e. The lowest BCUT2D eigenvalue weighted by molar-refractivity contribution is 0.996. The predicted molar refractivity (Wildman–Crippen MR) is 222 cm³/mol. The largest absolute Gasteiger partial charge is 0.292 e. The van der Waals surface area contributed by atoms with E-state index in [4.69, 9.17) is 15.0 Å². The second-order valence-corrected chi connectivity index (χ2v) is 13.7. The smallest absolute Gasteiger partial charge is 0.235 e. The van der Waals surface area contributed by atoms with E-state index in [-0.39, 0.29) is 0 Å². The molecule has 0 bridgehead atoms. The topological polar surface area (TPSA) is 48.5 Å². The molecule has 0 unspecified atom stereocenters. The minimum absolute atomic E-state index is 0.642. The molecule has 3 heterocycles. The minimum Gasteiger partial charge on any atom is -0.292 e. The molecule has 3 aromatic heterocycles. The van der Waals surface area contributed by atoms with Gasteiger partial charge in [0.1, 0.15) is 5.82 Å². The maximum atomic E-state index is 5.24. The van der Waals surface area contributed by atoms with Gasteiger partial charge in [-0.25, -0.2) is 15.0 Å². The normalized spacial score (nSPS) is 11.7. The second kappa shape index (κ2) is 12.1. The van der Waals surface area contributed by atoms with Gasteiger partial charge in [0.2, 0.25) is 5.95 Å². The van der Waals surface area contributed by atoms with E-state index < -0.39 is 0 Å². The number of aromatic nitrogens is 5. The first kappa shape index (κ1) is 30.3. The van der Waals surface area contributed by atoms with E-state index in [1.807, 2.05) is 18.2 Å². The molecule has 0 aliphatic heterocycles. The molecule has 0 aliphatic rings. The average Bonchev–Trinajstić information content (AvgIpc) is 3.78. The molecular weight excluding hydrogens is 659 g/mol. The van der Waals surface area contributed by atoms with Gasteiger partial charge in [-0.05, 0) is 70.1 Å². The molecule has 0 spiro atoms. The Morgan fingerprint density at radius 1 is 0.333 bits per heavy atom. The van der Waals surface area contributed by atoms with Gasteiger partial charge in [-0.3, -0.25) is 9.13 Å². The van der Waals surface area contributed by atoms with Crippen LogP contribution in [-0.2, 0) is 0 Å². The van der Waals surface area contributed by atoms with E-state index in [1.165, 1.54) is 10.8 Å². The van der Waals surface area contributed by atoms with Crippen LogP contribution in [0.5, 0.6) is 0 Å². The highest BCUT2D eigenvalue weighted by molar-refractivity contribution is 6.19. The van der Waals surface area contributed by atoms with Crippen LogP contribution >= 0.6 is 0 Å². The van der Waals surface area contributed by atoms with E-state index in [9.17, 15) is 0 Å². The Bertz CT molecular complexity index is 3130. The quantitative estimate of drug-likeness (QED) is 0.169. The third-order valence-corrected chi connectivity index (χ3v) is 10.5. The van der Waals surface area contributed by atoms with E-state index >= 15 is 0 Å². The SMILES string of the molecule is c1ccc(-c2cc(-c3ccccc3)nc(-n3c4ccccc4c4cc5c(ccc6cc7nc(-c8ccccc8)n(-c8ccccc8)c7cc65)cc43)n2)cc1. The standard InChI is InChI=1S/C49H31N5/c1-5-15-32(16-6-1)42-31-43(33-17-7-2-8-18-33)52-49(51-42)54-45-24-14-13-23-38(45)41-29-39-36(28-46(41)54)26-25-35-27-44-47(30-40(35)39)53(37-21-11-4-12-22-37)48(50-44)34-19-9-3-10-20-34/h1-31H. The Balaban J connectivity index is 1.19. The van der Waals surface area contributed by atoms with Crippen molar-refractivity contribution in [3.05, 3.63) is 188 Å². The van der Waals surface area contributed by atoms with Crippen LogP contribution in [0.4, 0.5) is 0 Å². The summed E-state index contributed by atoms with van der Waals surface area (Å²) in [4.78, 5) is 15.7. The van der Waals surface area contributed by atoms with Crippen molar-refractivity contribution in [3.63, 3.8) is 0 Å². The molecule has 0 fully saturated rings. The zero-order valence-electron chi connectivity index (χ0n) is 29.1. The first-order valence-electron chi connectivity index (χ1n) is 18.2. The molecule has 5 nitrogen and oxygen atoms in total. The summed E-state index contributed by atoms with van der Waals surface area (Å²) in [5.41, 5.74) is 10.2. The zero-order valence-corrected chi connectivity index (χ0v) is 29.1. The summed E-state index contributed by atoms with van der Waals surface area (Å²) in [5, 5.41) is 6.99. The lowest BCUT2D eigenvalue weighted by Gasteiger charge is -2.12. The monoisotopic (exact) mass is 689 g/mol. The molecule has 0 radical (unpaired) electrons. The van der Waals surface area contributed by atoms with E-state index in [0.717, 1.165) is 83.2 Å². The molecule has 0 atom stereocenters. The van der Waals surface area contributed by atoms with Gasteiger partial charge in [0, 0.05) is 33.2 Å². The Morgan fingerprint density at radius 2 is 0.889 bits per heavy atom. The lowest BCUT2D eigenvalue weighted by atomic mass is 9.99. The maximum absolute atomic E-state index is 5.24. The van der Waals surface area contributed by atoms with Crippen LogP contribution in [0.15, 0.2) is 188 Å². The summed E-state index contributed by atoms with van der Waals surface area (Å²) >= 11 is 0. The van der Waals surface area contributed by atoms with Crippen LogP contribution in [-0.4, -0.2) is 24.1 Å². The summed E-state index contributed by atoms with van der Waals surface area (Å²) < 4.78 is 4.52. The average molecular weight is 690 g/mol. The Kier molecular flexibility index (Phi) is 6.79. The number of imidazole rings is 1. The Hall–Kier alpha value is -7.37. The van der Waals surface area contributed by atoms with Gasteiger partial charge in [0.25, 0.3) is 0 Å². The molecule has 8 aromatic carbocycles. The number of hydrogen-bond acceptors (Lipinski definition) is 3. The van der Waals surface area contributed by atoms with Gasteiger partial charge in [0.15, 0.2) is 0 Å². The van der Waals surface area contributed by atoms with Gasteiger partial charge >= 0.3 is 0 Å². The molecule has 11 rings (SSSR count). The van der Waals surface area contributed by atoms with Crippen LogP contribution < -0.4 is 0 Å². The Labute approximate surface area is 311 Å². The highest BCUT2D eigenvalue weighted by atomic mass is 15.2. The molecule has 0 saturated carbocycles. The molecular formula is C49H31N5. The lowest BCUT2D eigenvalue weighted by Crippen LogP contribution is -2.04. The number of benzene rings is 8. The van der Waals surface area contributed by atoms with Gasteiger partial charge in [-0.15, -0.1) is 0 Å². The molecule has 0 amide bonds. The zero-order chi connectivity index (χ0) is 35.6. The van der Waals surface area contributed by atoms with E-state index in [1.54, 1.807) is 0 Å². The first-order chi connectivity index (χ1) is 26.8. The summed E-state index contributed by atoms with van der Waals surface area (Å²) in [6.45, 7) is 0. The third kappa shape index (κ3) is 4.83. The van der Waals surface area contributed by atoms with Crippen LogP contribution in [0.3, 0.4) is 0 Å². The fourth-order valence-electron chi connectivity index (χ4n) is 7.98. The number of para-hydroxylation sites is 2. The van der Waals surface area contributed by atoms with Crippen molar-refractivity contribution >= 4 is 54.4 Å². The minimum atomic E-state index is 0.642. The first-order valence-corrected chi connectivity index (χ1v) is 18.2. The second-order valence-electron chi connectivity index (χ2n) is 13.7. The van der Waals surface area contributed by atoms with Gasteiger partial charge in [-0.2, -0.15) is 0 Å². The summed E-state index contributed by atoms with van der Waals surface area (Å²) in [5.74, 6) is 1.57. The van der Waals surface area contributed by atoms with Crippen molar-refractivity contribution in [1.29, 1.82) is 0 Å². The third-order valence-electron chi connectivity index (χ3n) is 10.5. The highest BCUT2D eigenvalue weighted by Crippen LogP contribution is 2.39. The van der Waals surface area contributed by atoms with Crippen molar-refractivity contribution in [3.8, 4) is 45.5 Å². The summed E-state index contributed by atoms with van der Waals surface area (Å²) in [6.07, 6.45) is 0.